The first-order valence-electron chi connectivity index (χ1n) is 25.7. The number of likely N-dealkylation sites (tertiary alicyclic amines) is 1. The third-order valence-electron chi connectivity index (χ3n) is 14.6. The summed E-state index contributed by atoms with van der Waals surface area (Å²) >= 11 is 2.60. The maximum atomic E-state index is 15.6. The van der Waals surface area contributed by atoms with Crippen molar-refractivity contribution in [3.05, 3.63) is 75.1 Å². The van der Waals surface area contributed by atoms with E-state index in [0.29, 0.717) is 57.5 Å². The predicted molar refractivity (Wildman–Crippen MR) is 284 cm³/mol. The molecule has 416 valence electrons. The Hall–Kier alpha value is -6.50. The van der Waals surface area contributed by atoms with Crippen LogP contribution in [0.5, 0.6) is 11.6 Å². The second-order valence-corrected chi connectivity index (χ2v) is 23.7. The van der Waals surface area contributed by atoms with Gasteiger partial charge in [-0.1, -0.05) is 29.3 Å². The van der Waals surface area contributed by atoms with Gasteiger partial charge in [0, 0.05) is 59.9 Å². The van der Waals surface area contributed by atoms with E-state index < -0.39 is 67.5 Å². The summed E-state index contributed by atoms with van der Waals surface area (Å²) in [5, 5.41) is 47.6. The van der Waals surface area contributed by atoms with Crippen molar-refractivity contribution in [1.29, 1.82) is 5.26 Å². The van der Waals surface area contributed by atoms with Crippen LogP contribution in [-0.2, 0) is 30.5 Å². The first-order valence-corrected chi connectivity index (χ1v) is 28.9. The van der Waals surface area contributed by atoms with E-state index in [1.54, 1.807) is 33.0 Å². The number of ether oxygens (including phenoxy) is 1. The number of rotatable bonds is 19. The maximum Gasteiger partial charge on any atom is 0.469 e. The number of thiophene rings is 1. The number of hydrogen-bond donors (Lipinski definition) is 6. The summed E-state index contributed by atoms with van der Waals surface area (Å²) in [6.45, 7) is 11.9. The van der Waals surface area contributed by atoms with Gasteiger partial charge in [-0.15, -0.1) is 22.7 Å². The minimum Gasteiger partial charge on any atom is -0.508 e. The molecule has 2 saturated heterocycles. The number of carbonyl (C=O) groups is 2. The summed E-state index contributed by atoms with van der Waals surface area (Å²) in [6, 6.07) is 2.43. The van der Waals surface area contributed by atoms with Crippen LogP contribution >= 0.6 is 30.5 Å². The molecule has 9 rings (SSSR count). The molecule has 7 heterocycles. The number of nitriles is 1. The van der Waals surface area contributed by atoms with E-state index in [9.17, 15) is 39.4 Å². The topological polar surface area (TPSA) is 330 Å². The lowest BCUT2D eigenvalue weighted by atomic mass is 9.72. The highest BCUT2D eigenvalue weighted by Gasteiger charge is 2.45. The molecule has 0 saturated carbocycles. The Balaban J connectivity index is 0.779. The lowest BCUT2D eigenvalue weighted by Gasteiger charge is -2.31. The van der Waals surface area contributed by atoms with Crippen molar-refractivity contribution in [3.8, 4) is 39.7 Å². The van der Waals surface area contributed by atoms with Crippen LogP contribution in [0.2, 0.25) is 0 Å². The van der Waals surface area contributed by atoms with Crippen LogP contribution in [0.3, 0.4) is 0 Å². The zero-order valence-corrected chi connectivity index (χ0v) is 46.2. The van der Waals surface area contributed by atoms with Crippen LogP contribution in [0.4, 0.5) is 15.3 Å². The van der Waals surface area contributed by atoms with E-state index >= 15 is 4.39 Å². The number of aliphatic hydroxyl groups excluding tert-OH is 1. The van der Waals surface area contributed by atoms with Crippen molar-refractivity contribution in [2.75, 3.05) is 56.6 Å². The fourth-order valence-corrected chi connectivity index (χ4v) is 13.1. The number of aryl methyl sites for hydroxylation is 2. The summed E-state index contributed by atoms with van der Waals surface area (Å²) in [4.78, 5) is 73.3. The molecule has 7 N–H and O–H groups in total. The number of aromatic nitrogens is 8. The second-order valence-electron chi connectivity index (χ2n) is 20.5. The highest BCUT2D eigenvalue weighted by Crippen LogP contribution is 2.49. The minimum atomic E-state index is -5.12. The van der Waals surface area contributed by atoms with Gasteiger partial charge in [-0.3, -0.25) is 14.1 Å². The highest BCUT2D eigenvalue weighted by molar-refractivity contribution is 7.46. The molecule has 2 aliphatic heterocycles. The van der Waals surface area contributed by atoms with Crippen LogP contribution in [0.15, 0.2) is 40.6 Å². The summed E-state index contributed by atoms with van der Waals surface area (Å²) in [6.07, 6.45) is 6.82. The number of amides is 2. The van der Waals surface area contributed by atoms with Crippen molar-refractivity contribution in [3.63, 3.8) is 0 Å². The number of nitrogens with two attached hydrogens (primary N) is 1. The van der Waals surface area contributed by atoms with Crippen LogP contribution in [-0.4, -0.2) is 146 Å². The molecule has 1 aromatic carbocycles. The largest absolute Gasteiger partial charge is 0.508 e. The van der Waals surface area contributed by atoms with Gasteiger partial charge in [0.2, 0.25) is 29.5 Å². The molecule has 24 nitrogen and oxygen atoms in total. The number of aromatic hydroxyl groups is 1. The Bertz CT molecular complexity index is 3230. The summed E-state index contributed by atoms with van der Waals surface area (Å²) in [7, 11) is -5.12. The third kappa shape index (κ3) is 12.1. The number of anilines is 2. The Morgan fingerprint density at radius 1 is 1.15 bits per heavy atom. The fourth-order valence-electron chi connectivity index (χ4n) is 10.7. The predicted octanol–water partition coefficient (Wildman–Crippen LogP) is 5.44. The van der Waals surface area contributed by atoms with Gasteiger partial charge in [0.15, 0.2) is 0 Å². The summed E-state index contributed by atoms with van der Waals surface area (Å²) in [5.41, 5.74) is 9.31. The summed E-state index contributed by atoms with van der Waals surface area (Å²) < 4.78 is 45.3. The lowest BCUT2D eigenvalue weighted by Crippen LogP contribution is -2.50. The number of nitrogens with zero attached hydrogens (tertiary/aromatic N) is 12. The molecule has 3 aliphatic rings. The number of nitrogen functional groups attached to an aromatic ring is 1. The van der Waals surface area contributed by atoms with Crippen molar-refractivity contribution in [2.45, 2.75) is 115 Å². The van der Waals surface area contributed by atoms with E-state index in [1.807, 2.05) is 6.92 Å². The Labute approximate surface area is 456 Å². The van der Waals surface area contributed by atoms with Crippen molar-refractivity contribution >= 4 is 53.3 Å². The standard InChI is InChI=1S/C50H62FN14O10PS2/c1-27(2)42(47(69)64-23-30(66)18-37(64)46(68)56-36(25-74-76(70,71)72)32-19-34(51)31(20-38(32)67)43-29(4)55-26-77-43)65-24-40(59-61-65)73-17-7-6-14-62-15-9-16-63(28(3)22-62)49-54-13-11-35(57-49)45-58-48(75-60-45)50(5)12-8-10-39-41(50)33(21-52)44(53)78-39/h11,13,19-20,24,26-28,30,36-37,42,66-67H,6-10,12,14-18,22-23,25,53H2,1-5H3,(H,56,68)(H2,70,71,72)/t28-,30+,36-,37-,42-,50-/m0/s1. The van der Waals surface area contributed by atoms with Crippen molar-refractivity contribution in [2.24, 2.45) is 5.92 Å². The van der Waals surface area contributed by atoms with Gasteiger partial charge in [-0.25, -0.2) is 28.6 Å². The van der Waals surface area contributed by atoms with Crippen LogP contribution in [0, 0.1) is 30.0 Å². The van der Waals surface area contributed by atoms with E-state index in [4.69, 9.17) is 29.5 Å². The zero-order chi connectivity index (χ0) is 55.6. The first-order chi connectivity index (χ1) is 37.2. The van der Waals surface area contributed by atoms with Gasteiger partial charge in [0.25, 0.3) is 5.88 Å². The average molecular weight is 1130 g/mol. The Kier molecular flexibility index (Phi) is 16.9. The summed E-state index contributed by atoms with van der Waals surface area (Å²) in [5.74, 6) is -1.56. The number of aliphatic hydroxyl groups is 1. The van der Waals surface area contributed by atoms with Crippen molar-refractivity contribution < 1.29 is 52.3 Å². The van der Waals surface area contributed by atoms with E-state index in [1.165, 1.54) is 32.6 Å². The van der Waals surface area contributed by atoms with Gasteiger partial charge in [0.05, 0.1) is 58.6 Å². The van der Waals surface area contributed by atoms with Crippen LogP contribution in [0.25, 0.3) is 22.0 Å². The second kappa shape index (κ2) is 23.5. The number of β-amino-alcohol motifs (C(OH)–C–C–N with tert-alkyl or cyclic N) is 1. The Morgan fingerprint density at radius 3 is 2.71 bits per heavy atom. The third-order valence-corrected chi connectivity index (χ3v) is 17.1. The van der Waals surface area contributed by atoms with Crippen LogP contribution < -0.4 is 20.7 Å². The molecule has 0 spiro atoms. The molecule has 78 heavy (non-hydrogen) atoms. The smallest absolute Gasteiger partial charge is 0.469 e. The number of carbonyl (C=O) groups excluding carboxylic acids is 2. The van der Waals surface area contributed by atoms with E-state index in [2.05, 4.69) is 53.5 Å². The molecule has 5 aromatic heterocycles. The minimum absolute atomic E-state index is 0.0305. The monoisotopic (exact) mass is 1130 g/mol. The number of hydrogen-bond acceptors (Lipinski definition) is 21. The number of fused-ring (bicyclic) bond motifs is 1. The number of phenols is 1. The van der Waals surface area contributed by atoms with Gasteiger partial charge in [-0.2, -0.15) is 10.2 Å². The molecule has 0 radical (unpaired) electrons. The molecule has 0 bridgehead atoms. The van der Waals surface area contributed by atoms with Gasteiger partial charge < -0.3 is 55.0 Å². The molecular formula is C50H62FN14O10PS2. The average Bonchev–Trinajstić information content (AvgIpc) is 4.34. The molecular weight excluding hydrogens is 1070 g/mol. The fraction of sp³-hybridized carbons (Fsp3) is 0.520. The van der Waals surface area contributed by atoms with Gasteiger partial charge in [-0.05, 0) is 96.5 Å². The normalized spacial score (nSPS) is 20.8. The van der Waals surface area contributed by atoms with Crippen molar-refractivity contribution in [1.82, 2.24) is 55.2 Å². The molecule has 28 heteroatoms. The first kappa shape index (κ1) is 56.2. The van der Waals surface area contributed by atoms with Crippen LogP contribution in [0.1, 0.15) is 111 Å². The number of phosphoric acid groups is 1. The molecule has 6 atom stereocenters. The SMILES string of the molecule is Cc1ncsc1-c1cc(O)c([C@H](COP(=O)(O)O)NC(=O)[C@@H]2C[C@@H](O)CN2C(=O)[C@H](C(C)C)n2cc(OCCCCN3CCCN(c4nccc(-c5noc([C@@]6(C)CCCc7sc(N)c(C#N)c76)n5)n4)[C@@H](C)C3)nn2)cc1F. The molecule has 2 amide bonds. The Morgan fingerprint density at radius 2 is 1.96 bits per heavy atom. The molecule has 0 unspecified atom stereocenters. The molecule has 6 aromatic rings. The molecule has 2 fully saturated rings. The maximum absolute atomic E-state index is 15.6. The van der Waals surface area contributed by atoms with E-state index in [0.717, 1.165) is 92.2 Å². The number of unbranched alkanes of at least 4 members (excludes halogenated alkanes) is 1. The highest BCUT2D eigenvalue weighted by atomic mass is 32.1. The number of phenolic OH excluding ortho intramolecular Hbond substituents is 1. The number of phosphoric ester groups is 1. The molecule has 1 aliphatic carbocycles. The zero-order valence-electron chi connectivity index (χ0n) is 43.7. The number of halogens is 1. The van der Waals surface area contributed by atoms with E-state index in [-0.39, 0.29) is 41.9 Å². The number of thiazole rings is 1. The quantitative estimate of drug-likeness (QED) is 0.0434. The number of nitrogens with one attached hydrogen (secondary N) is 1. The van der Waals surface area contributed by atoms with Gasteiger partial charge >= 0.3 is 7.82 Å². The number of benzene rings is 1. The lowest BCUT2D eigenvalue weighted by molar-refractivity contribution is -0.142. The van der Waals surface area contributed by atoms with Gasteiger partial charge in [0.1, 0.15) is 40.4 Å².